The first-order valence-corrected chi connectivity index (χ1v) is 11.2. The van der Waals surface area contributed by atoms with Crippen LogP contribution in [0.25, 0.3) is 10.9 Å². The third-order valence-electron chi connectivity index (χ3n) is 6.41. The van der Waals surface area contributed by atoms with Crippen molar-refractivity contribution in [1.29, 1.82) is 0 Å². The molecule has 5 rings (SSSR count). The number of nitrogens with one attached hydrogen (secondary N) is 1. The van der Waals surface area contributed by atoms with Crippen LogP contribution < -0.4 is 5.32 Å². The van der Waals surface area contributed by atoms with Crippen LogP contribution in [0.4, 0.5) is 0 Å². The molecule has 29 heavy (non-hydrogen) atoms. The second kappa shape index (κ2) is 7.02. The number of carbonyl (C=O) groups excluding carboxylic acids is 2. The van der Waals surface area contributed by atoms with E-state index in [2.05, 4.69) is 5.32 Å². The van der Waals surface area contributed by atoms with Crippen molar-refractivity contribution in [3.05, 3.63) is 58.4 Å². The van der Waals surface area contributed by atoms with Gasteiger partial charge in [-0.2, -0.15) is 0 Å². The van der Waals surface area contributed by atoms with Gasteiger partial charge in [0.25, 0.3) is 5.91 Å². The highest BCUT2D eigenvalue weighted by Gasteiger charge is 2.48. The van der Waals surface area contributed by atoms with Crippen LogP contribution >= 0.6 is 11.3 Å². The summed E-state index contributed by atoms with van der Waals surface area (Å²) in [4.78, 5) is 30.0. The van der Waals surface area contributed by atoms with Crippen LogP contribution in [-0.2, 0) is 17.9 Å². The summed E-state index contributed by atoms with van der Waals surface area (Å²) in [6.07, 6.45) is 4.37. The molecule has 1 aromatic carbocycles. The van der Waals surface area contributed by atoms with E-state index in [1.807, 2.05) is 59.3 Å². The Morgan fingerprint density at radius 1 is 1.21 bits per heavy atom. The van der Waals surface area contributed by atoms with Crippen molar-refractivity contribution in [3.8, 4) is 0 Å². The fourth-order valence-electron chi connectivity index (χ4n) is 4.72. The Labute approximate surface area is 174 Å². The summed E-state index contributed by atoms with van der Waals surface area (Å²) in [5.74, 6) is -0.123. The average Bonchev–Trinajstić information content (AvgIpc) is 3.47. The smallest absolute Gasteiger partial charge is 0.271 e. The lowest BCUT2D eigenvalue weighted by molar-refractivity contribution is -0.133. The maximum Gasteiger partial charge on any atom is 0.271 e. The first kappa shape index (κ1) is 18.4. The molecule has 1 N–H and O–H groups in total. The molecule has 0 radical (unpaired) electrons. The van der Waals surface area contributed by atoms with Crippen LogP contribution in [-0.4, -0.2) is 32.9 Å². The summed E-state index contributed by atoms with van der Waals surface area (Å²) >= 11 is 1.62. The molecule has 1 atom stereocenters. The number of nitrogens with zero attached hydrogens (tertiary/aromatic N) is 2. The van der Waals surface area contributed by atoms with E-state index >= 15 is 0 Å². The van der Waals surface area contributed by atoms with E-state index in [0.29, 0.717) is 18.8 Å². The van der Waals surface area contributed by atoms with E-state index in [1.165, 1.54) is 0 Å². The highest BCUT2D eigenvalue weighted by atomic mass is 32.1. The van der Waals surface area contributed by atoms with Gasteiger partial charge in [0.2, 0.25) is 5.91 Å². The second-order valence-electron chi connectivity index (χ2n) is 8.37. The fraction of sp³-hybridized carbons (Fsp3) is 0.391. The Balaban J connectivity index is 1.57. The van der Waals surface area contributed by atoms with E-state index in [9.17, 15) is 9.59 Å². The number of benzene rings is 1. The minimum absolute atomic E-state index is 0.0438. The molecular formula is C23H25N3O2S. The summed E-state index contributed by atoms with van der Waals surface area (Å²) in [5.41, 5.74) is 0.735. The normalized spacial score (nSPS) is 22.2. The predicted octanol–water partition coefficient (Wildman–Crippen LogP) is 4.18. The van der Waals surface area contributed by atoms with Crippen LogP contribution in [0.5, 0.6) is 0 Å². The molecule has 1 unspecified atom stereocenters. The Kier molecular flexibility index (Phi) is 4.46. The first-order valence-electron chi connectivity index (χ1n) is 10.3. The van der Waals surface area contributed by atoms with Crippen molar-refractivity contribution >= 4 is 34.1 Å². The largest absolute Gasteiger partial charge is 0.351 e. The third kappa shape index (κ3) is 3.06. The van der Waals surface area contributed by atoms with Gasteiger partial charge in [0.1, 0.15) is 11.2 Å². The lowest BCUT2D eigenvalue weighted by atomic mass is 9.94. The lowest BCUT2D eigenvalue weighted by Gasteiger charge is -2.44. The molecule has 0 spiro atoms. The Morgan fingerprint density at radius 2 is 2.00 bits per heavy atom. The van der Waals surface area contributed by atoms with E-state index in [-0.39, 0.29) is 17.9 Å². The lowest BCUT2D eigenvalue weighted by Crippen LogP contribution is -2.64. The molecule has 5 nitrogen and oxygen atoms in total. The van der Waals surface area contributed by atoms with Gasteiger partial charge in [-0.05, 0) is 43.3 Å². The maximum atomic E-state index is 13.6. The van der Waals surface area contributed by atoms with Crippen LogP contribution in [0.1, 0.15) is 48.0 Å². The predicted molar refractivity (Wildman–Crippen MR) is 115 cm³/mol. The van der Waals surface area contributed by atoms with Crippen molar-refractivity contribution in [2.45, 2.75) is 57.3 Å². The quantitative estimate of drug-likeness (QED) is 0.706. The molecule has 0 bridgehead atoms. The van der Waals surface area contributed by atoms with Crippen molar-refractivity contribution in [2.24, 2.45) is 0 Å². The number of carbonyl (C=O) groups is 2. The molecule has 6 heteroatoms. The van der Waals surface area contributed by atoms with Crippen LogP contribution in [0.15, 0.2) is 47.8 Å². The third-order valence-corrected chi connectivity index (χ3v) is 7.27. The number of hydrogen-bond acceptors (Lipinski definition) is 3. The number of hydrogen-bond donors (Lipinski definition) is 1. The number of amides is 2. The van der Waals surface area contributed by atoms with Crippen molar-refractivity contribution < 1.29 is 9.59 Å². The van der Waals surface area contributed by atoms with Gasteiger partial charge in [0.15, 0.2) is 0 Å². The monoisotopic (exact) mass is 407 g/mol. The Bertz CT molecular complexity index is 1070. The van der Waals surface area contributed by atoms with Gasteiger partial charge in [-0.1, -0.05) is 37.1 Å². The maximum absolute atomic E-state index is 13.6. The standard InChI is InChI=1S/C23H25N3O2S/c1-23(22(28)24-17-8-3-4-9-17)15-25-19-11-5-2-7-16(19)13-20(25)21(27)26(23)14-18-10-6-12-29-18/h2,5-7,10-13,17H,3-4,8-9,14-15H2,1H3,(H,24,28). The SMILES string of the molecule is CC1(C(=O)NC2CCCC2)Cn2c(cc3ccccc32)C(=O)N1Cc1cccs1. The molecule has 150 valence electrons. The van der Waals surface area contributed by atoms with Gasteiger partial charge in [-0.3, -0.25) is 9.59 Å². The molecule has 2 amide bonds. The van der Waals surface area contributed by atoms with Crippen LogP contribution in [0, 0.1) is 0 Å². The highest BCUT2D eigenvalue weighted by Crippen LogP contribution is 2.34. The fourth-order valence-corrected chi connectivity index (χ4v) is 5.42. The number of para-hydroxylation sites is 1. The summed E-state index contributed by atoms with van der Waals surface area (Å²) in [7, 11) is 0. The molecule has 2 aromatic heterocycles. The molecule has 2 aliphatic rings. The molecule has 0 saturated heterocycles. The molecule has 1 aliphatic carbocycles. The average molecular weight is 408 g/mol. The zero-order valence-corrected chi connectivity index (χ0v) is 17.4. The van der Waals surface area contributed by atoms with Gasteiger partial charge in [-0.15, -0.1) is 11.3 Å². The molecular weight excluding hydrogens is 382 g/mol. The minimum atomic E-state index is -0.932. The summed E-state index contributed by atoms with van der Waals surface area (Å²) in [5, 5.41) is 6.29. The first-order chi connectivity index (χ1) is 14.1. The number of fused-ring (bicyclic) bond motifs is 3. The summed E-state index contributed by atoms with van der Waals surface area (Å²) in [6.45, 7) is 2.83. The van der Waals surface area contributed by atoms with Crippen LogP contribution in [0.3, 0.4) is 0 Å². The second-order valence-corrected chi connectivity index (χ2v) is 9.41. The van der Waals surface area contributed by atoms with Crippen molar-refractivity contribution in [1.82, 2.24) is 14.8 Å². The summed E-state index contributed by atoms with van der Waals surface area (Å²) in [6, 6.07) is 14.2. The number of rotatable bonds is 4. The molecule has 1 saturated carbocycles. The zero-order chi connectivity index (χ0) is 20.0. The van der Waals surface area contributed by atoms with Crippen molar-refractivity contribution in [3.63, 3.8) is 0 Å². The topological polar surface area (TPSA) is 54.3 Å². The van der Waals surface area contributed by atoms with Gasteiger partial charge >= 0.3 is 0 Å². The van der Waals surface area contributed by atoms with Crippen LogP contribution in [0.2, 0.25) is 0 Å². The number of thiophene rings is 1. The van der Waals surface area contributed by atoms with E-state index < -0.39 is 5.54 Å². The summed E-state index contributed by atoms with van der Waals surface area (Å²) < 4.78 is 2.02. The van der Waals surface area contributed by atoms with E-state index in [0.717, 1.165) is 41.5 Å². The van der Waals surface area contributed by atoms with Gasteiger partial charge in [-0.25, -0.2) is 0 Å². The minimum Gasteiger partial charge on any atom is -0.351 e. The molecule has 3 heterocycles. The Hall–Kier alpha value is -2.60. The highest BCUT2D eigenvalue weighted by molar-refractivity contribution is 7.09. The van der Waals surface area contributed by atoms with Gasteiger partial charge in [0, 0.05) is 21.8 Å². The molecule has 1 aliphatic heterocycles. The van der Waals surface area contributed by atoms with E-state index in [1.54, 1.807) is 16.2 Å². The zero-order valence-electron chi connectivity index (χ0n) is 16.6. The number of aromatic nitrogens is 1. The van der Waals surface area contributed by atoms with E-state index in [4.69, 9.17) is 0 Å². The van der Waals surface area contributed by atoms with Gasteiger partial charge in [0.05, 0.1) is 13.1 Å². The Morgan fingerprint density at radius 3 is 2.76 bits per heavy atom. The molecule has 3 aromatic rings. The van der Waals surface area contributed by atoms with Gasteiger partial charge < -0.3 is 14.8 Å². The molecule has 1 fully saturated rings. The van der Waals surface area contributed by atoms with Crippen molar-refractivity contribution in [2.75, 3.05) is 0 Å².